The van der Waals surface area contributed by atoms with Crippen LogP contribution >= 0.6 is 0 Å². The molecule has 2 aromatic rings. The average molecular weight is 587 g/mol. The molecule has 3 aliphatic heterocycles. The number of rotatable bonds is 11. The summed E-state index contributed by atoms with van der Waals surface area (Å²) in [5, 5.41) is 10.8. The van der Waals surface area contributed by atoms with Crippen molar-refractivity contribution in [3.05, 3.63) is 90.5 Å². The van der Waals surface area contributed by atoms with E-state index >= 15 is 4.79 Å². The van der Waals surface area contributed by atoms with E-state index in [9.17, 15) is 14.7 Å². The zero-order valence-electron chi connectivity index (χ0n) is 25.5. The third-order valence-corrected chi connectivity index (χ3v) is 9.79. The van der Waals surface area contributed by atoms with E-state index in [1.807, 2.05) is 76.2 Å². The van der Waals surface area contributed by atoms with E-state index in [1.54, 1.807) is 11.0 Å². The van der Waals surface area contributed by atoms with Crippen LogP contribution in [0.4, 0.5) is 5.69 Å². The van der Waals surface area contributed by atoms with Crippen molar-refractivity contribution in [2.75, 3.05) is 24.7 Å². The number of ether oxygens (including phenoxy) is 2. The summed E-state index contributed by atoms with van der Waals surface area (Å²) in [6.45, 7) is 15.2. The molecule has 1 spiro atoms. The molecule has 8 nitrogen and oxygen atoms in total. The van der Waals surface area contributed by atoms with Crippen LogP contribution in [0.15, 0.2) is 73.8 Å². The number of carbonyl (C=O) groups excluding carboxylic acids is 3. The molecule has 1 N–H and O–H groups in total. The van der Waals surface area contributed by atoms with E-state index in [0.717, 1.165) is 22.4 Å². The molecule has 0 aliphatic carbocycles. The number of benzene rings is 2. The van der Waals surface area contributed by atoms with Crippen molar-refractivity contribution in [1.82, 2.24) is 4.90 Å². The highest BCUT2D eigenvalue weighted by molar-refractivity contribution is 6.05. The second kappa shape index (κ2) is 11.7. The lowest BCUT2D eigenvalue weighted by Gasteiger charge is -2.40. The molecule has 0 saturated carbocycles. The molecule has 0 aromatic heterocycles. The molecule has 7 atom stereocenters. The number of amides is 2. The minimum absolute atomic E-state index is 0.00667. The molecule has 3 heterocycles. The Bertz CT molecular complexity index is 1400. The molecule has 3 aliphatic rings. The molecule has 5 rings (SSSR count). The van der Waals surface area contributed by atoms with Gasteiger partial charge in [0, 0.05) is 12.2 Å². The standard InChI is InChI=1S/C35H42N2O6/c1-7-17-36(29-22(3)13-12-14-23(29)4)32(40)30-35-20-24(5)34(6,43-35)28(33(41)42-18-8-2)27(35)31(39)37(30)26(21-38)19-25-15-10-9-11-16-25/h7-16,24,26-28,30,38H,1-2,17-21H2,3-6H3/t24?,26-,27+,28-,30?,34+,35?/m1/s1. The maximum atomic E-state index is 15.0. The third kappa shape index (κ3) is 4.81. The first kappa shape index (κ1) is 30.7. The molecule has 3 fully saturated rings. The fourth-order valence-corrected chi connectivity index (χ4v) is 7.88. The quantitative estimate of drug-likeness (QED) is 0.314. The molecule has 8 heteroatoms. The summed E-state index contributed by atoms with van der Waals surface area (Å²) in [4.78, 5) is 46.5. The average Bonchev–Trinajstić information content (AvgIpc) is 3.50. The van der Waals surface area contributed by atoms with Gasteiger partial charge in [-0.15, -0.1) is 6.58 Å². The van der Waals surface area contributed by atoms with Gasteiger partial charge < -0.3 is 24.4 Å². The molecule has 3 unspecified atom stereocenters. The first-order valence-corrected chi connectivity index (χ1v) is 15.0. The monoisotopic (exact) mass is 586 g/mol. The largest absolute Gasteiger partial charge is 0.461 e. The van der Waals surface area contributed by atoms with Crippen LogP contribution in [0.1, 0.15) is 37.0 Å². The number of anilines is 1. The number of aliphatic hydroxyl groups is 1. The van der Waals surface area contributed by atoms with Gasteiger partial charge in [-0.25, -0.2) is 0 Å². The van der Waals surface area contributed by atoms with Crippen LogP contribution in [-0.2, 0) is 30.3 Å². The molecule has 43 heavy (non-hydrogen) atoms. The highest BCUT2D eigenvalue weighted by Crippen LogP contribution is 2.65. The fourth-order valence-electron chi connectivity index (χ4n) is 7.88. The van der Waals surface area contributed by atoms with Crippen LogP contribution in [0.3, 0.4) is 0 Å². The van der Waals surface area contributed by atoms with Gasteiger partial charge in [0.05, 0.1) is 24.2 Å². The van der Waals surface area contributed by atoms with Gasteiger partial charge in [-0.1, -0.05) is 74.2 Å². The number of fused-ring (bicyclic) bond motifs is 1. The van der Waals surface area contributed by atoms with Gasteiger partial charge in [-0.05, 0) is 56.2 Å². The van der Waals surface area contributed by atoms with Crippen LogP contribution in [0, 0.1) is 31.6 Å². The summed E-state index contributed by atoms with van der Waals surface area (Å²) in [5.41, 5.74) is 1.20. The number of hydrogen-bond acceptors (Lipinski definition) is 6. The highest BCUT2D eigenvalue weighted by Gasteiger charge is 2.80. The number of aliphatic hydroxyl groups excluding tert-OH is 1. The Morgan fingerprint density at radius 3 is 2.42 bits per heavy atom. The zero-order valence-corrected chi connectivity index (χ0v) is 25.5. The molecular weight excluding hydrogens is 544 g/mol. The number of hydrogen-bond donors (Lipinski definition) is 1. The summed E-state index contributed by atoms with van der Waals surface area (Å²) in [5.74, 6) is -3.21. The Kier molecular flexibility index (Phi) is 8.38. The van der Waals surface area contributed by atoms with E-state index < -0.39 is 41.1 Å². The molecule has 0 radical (unpaired) electrons. The predicted molar refractivity (Wildman–Crippen MR) is 164 cm³/mol. The van der Waals surface area contributed by atoms with Crippen LogP contribution < -0.4 is 4.90 Å². The fraction of sp³-hybridized carbons (Fsp3) is 0.457. The number of likely N-dealkylation sites (tertiary alicyclic amines) is 1. The Balaban J connectivity index is 1.68. The SMILES string of the molecule is C=CCOC(=O)[C@H]1[C@H]2C(=O)N([C@@H](CO)Cc3ccccc3)C(C(=O)N(CC=C)c3c(C)cccc3C)C23CC(C)[C@]1(C)O3. The number of carbonyl (C=O) groups is 3. The Hall–Kier alpha value is -3.75. The molecule has 2 aromatic carbocycles. The van der Waals surface area contributed by atoms with E-state index in [4.69, 9.17) is 9.47 Å². The number of aryl methyl sites for hydroxylation is 2. The lowest BCUT2D eigenvalue weighted by atomic mass is 9.62. The van der Waals surface area contributed by atoms with Crippen molar-refractivity contribution in [2.24, 2.45) is 17.8 Å². The van der Waals surface area contributed by atoms with Gasteiger partial charge >= 0.3 is 5.97 Å². The van der Waals surface area contributed by atoms with Crippen molar-refractivity contribution in [1.29, 1.82) is 0 Å². The Morgan fingerprint density at radius 2 is 1.81 bits per heavy atom. The van der Waals surface area contributed by atoms with Crippen molar-refractivity contribution in [2.45, 2.75) is 63.8 Å². The van der Waals surface area contributed by atoms with E-state index in [1.165, 1.54) is 11.0 Å². The summed E-state index contributed by atoms with van der Waals surface area (Å²) < 4.78 is 12.4. The minimum Gasteiger partial charge on any atom is -0.461 e. The zero-order chi connectivity index (χ0) is 31.1. The van der Waals surface area contributed by atoms with Gasteiger partial charge in [0.1, 0.15) is 24.2 Å². The lowest BCUT2D eigenvalue weighted by Crippen LogP contribution is -2.59. The van der Waals surface area contributed by atoms with E-state index in [-0.39, 0.29) is 37.5 Å². The Labute approximate surface area is 254 Å². The maximum Gasteiger partial charge on any atom is 0.313 e. The van der Waals surface area contributed by atoms with Gasteiger partial charge in [0.2, 0.25) is 5.91 Å². The summed E-state index contributed by atoms with van der Waals surface area (Å²) in [6, 6.07) is 13.6. The van der Waals surface area contributed by atoms with Gasteiger partial charge in [0.25, 0.3) is 5.91 Å². The lowest BCUT2D eigenvalue weighted by molar-refractivity contribution is -0.161. The second-order valence-electron chi connectivity index (χ2n) is 12.4. The van der Waals surface area contributed by atoms with Crippen LogP contribution in [-0.4, -0.2) is 70.8 Å². The normalized spacial score (nSPS) is 29.7. The summed E-state index contributed by atoms with van der Waals surface area (Å²) >= 11 is 0. The Morgan fingerprint density at radius 1 is 1.14 bits per heavy atom. The van der Waals surface area contributed by atoms with E-state index in [0.29, 0.717) is 12.8 Å². The molecule has 3 saturated heterocycles. The topological polar surface area (TPSA) is 96.4 Å². The van der Waals surface area contributed by atoms with Crippen LogP contribution in [0.5, 0.6) is 0 Å². The smallest absolute Gasteiger partial charge is 0.313 e. The van der Waals surface area contributed by atoms with Crippen LogP contribution in [0.2, 0.25) is 0 Å². The van der Waals surface area contributed by atoms with Crippen LogP contribution in [0.25, 0.3) is 0 Å². The third-order valence-electron chi connectivity index (χ3n) is 9.79. The van der Waals surface area contributed by atoms with E-state index in [2.05, 4.69) is 13.2 Å². The first-order chi connectivity index (χ1) is 20.5. The van der Waals surface area contributed by atoms with Crippen molar-refractivity contribution in [3.8, 4) is 0 Å². The van der Waals surface area contributed by atoms with Crippen molar-refractivity contribution < 1.29 is 29.0 Å². The van der Waals surface area contributed by atoms with Gasteiger partial charge in [0.15, 0.2) is 0 Å². The highest BCUT2D eigenvalue weighted by atomic mass is 16.6. The molecular formula is C35H42N2O6. The van der Waals surface area contributed by atoms with Gasteiger partial charge in [-0.3, -0.25) is 14.4 Å². The minimum atomic E-state index is -1.28. The molecule has 2 bridgehead atoms. The first-order valence-electron chi connectivity index (χ1n) is 15.0. The number of esters is 1. The second-order valence-corrected chi connectivity index (χ2v) is 12.4. The molecule has 2 amide bonds. The van der Waals surface area contributed by atoms with Crippen molar-refractivity contribution >= 4 is 23.5 Å². The molecule has 228 valence electrons. The van der Waals surface area contributed by atoms with Gasteiger partial charge in [-0.2, -0.15) is 0 Å². The maximum absolute atomic E-state index is 15.0. The summed E-state index contributed by atoms with van der Waals surface area (Å²) in [6.07, 6.45) is 3.90. The summed E-state index contributed by atoms with van der Waals surface area (Å²) in [7, 11) is 0. The number of nitrogens with zero attached hydrogens (tertiary/aromatic N) is 2. The van der Waals surface area contributed by atoms with Crippen molar-refractivity contribution in [3.63, 3.8) is 0 Å². The predicted octanol–water partition coefficient (Wildman–Crippen LogP) is 4.17. The number of para-hydroxylation sites is 1.